The average Bonchev–Trinajstić information content (AvgIpc) is 2.46. The molecule has 2 aromatic rings. The second-order valence-corrected chi connectivity index (χ2v) is 4.16. The van der Waals surface area contributed by atoms with Gasteiger partial charge in [-0.25, -0.2) is 17.6 Å². The summed E-state index contributed by atoms with van der Waals surface area (Å²) in [4.78, 5) is 23.1. The van der Waals surface area contributed by atoms with Gasteiger partial charge in [-0.3, -0.25) is 9.59 Å². The van der Waals surface area contributed by atoms with E-state index >= 15 is 0 Å². The molecule has 0 bridgehead atoms. The molecule has 0 aliphatic rings. The fourth-order valence-corrected chi connectivity index (χ4v) is 1.54. The van der Waals surface area contributed by atoms with E-state index in [9.17, 15) is 27.2 Å². The molecule has 0 heterocycles. The first kappa shape index (κ1) is 15.5. The highest BCUT2D eigenvalue weighted by Crippen LogP contribution is 2.17. The first-order valence-electron chi connectivity index (χ1n) is 5.89. The number of amides is 2. The molecule has 0 aliphatic carbocycles. The number of carbonyl (C=O) groups is 2. The lowest BCUT2D eigenvalue weighted by Crippen LogP contribution is -2.29. The minimum absolute atomic E-state index is 0.556. The van der Waals surface area contributed by atoms with Gasteiger partial charge in [-0.05, 0) is 24.3 Å². The lowest BCUT2D eigenvalue weighted by atomic mass is 10.2. The van der Waals surface area contributed by atoms with Crippen molar-refractivity contribution in [3.05, 3.63) is 59.7 Å². The lowest BCUT2D eigenvalue weighted by Gasteiger charge is -2.08. The number of hydrogen-bond donors (Lipinski definition) is 2. The van der Waals surface area contributed by atoms with E-state index in [1.54, 1.807) is 0 Å². The van der Waals surface area contributed by atoms with Crippen molar-refractivity contribution in [2.75, 3.05) is 10.6 Å². The summed E-state index contributed by atoms with van der Waals surface area (Å²) in [5, 5.41) is 3.65. The Balaban J connectivity index is 2.11. The molecule has 0 atom stereocenters. The molecule has 4 nitrogen and oxygen atoms in total. The summed E-state index contributed by atoms with van der Waals surface area (Å²) in [6, 6.07) is 4.51. The molecule has 0 saturated heterocycles. The largest absolute Gasteiger partial charge is 0.315 e. The van der Waals surface area contributed by atoms with Gasteiger partial charge in [0.15, 0.2) is 0 Å². The van der Waals surface area contributed by atoms with Crippen LogP contribution in [-0.2, 0) is 9.59 Å². The maximum atomic E-state index is 13.3. The highest BCUT2D eigenvalue weighted by atomic mass is 19.1. The normalized spacial score (nSPS) is 10.2. The molecule has 0 fully saturated rings. The summed E-state index contributed by atoms with van der Waals surface area (Å²) in [6.45, 7) is 0. The van der Waals surface area contributed by atoms with Gasteiger partial charge in [0.2, 0.25) is 0 Å². The Bertz CT molecular complexity index is 686. The molecule has 2 rings (SSSR count). The van der Waals surface area contributed by atoms with Gasteiger partial charge >= 0.3 is 11.8 Å². The van der Waals surface area contributed by atoms with Crippen LogP contribution in [0.3, 0.4) is 0 Å². The van der Waals surface area contributed by atoms with E-state index in [-0.39, 0.29) is 0 Å². The Morgan fingerprint density at radius 3 is 1.41 bits per heavy atom. The van der Waals surface area contributed by atoms with Crippen LogP contribution in [0.4, 0.5) is 28.9 Å². The summed E-state index contributed by atoms with van der Waals surface area (Å²) in [7, 11) is 0. The van der Waals surface area contributed by atoms with Crippen molar-refractivity contribution in [1.29, 1.82) is 0 Å². The van der Waals surface area contributed by atoms with Crippen molar-refractivity contribution < 1.29 is 27.2 Å². The van der Waals surface area contributed by atoms with E-state index in [4.69, 9.17) is 0 Å². The van der Waals surface area contributed by atoms with Gasteiger partial charge in [0.1, 0.15) is 23.3 Å². The molecule has 8 heteroatoms. The third kappa shape index (κ3) is 3.60. The molecule has 2 N–H and O–H groups in total. The van der Waals surface area contributed by atoms with E-state index in [2.05, 4.69) is 0 Å². The van der Waals surface area contributed by atoms with Gasteiger partial charge in [0.25, 0.3) is 0 Å². The van der Waals surface area contributed by atoms with Crippen LogP contribution in [0.1, 0.15) is 0 Å². The number of benzene rings is 2. The Morgan fingerprint density at radius 2 is 1.05 bits per heavy atom. The second-order valence-electron chi connectivity index (χ2n) is 4.16. The van der Waals surface area contributed by atoms with Crippen LogP contribution < -0.4 is 10.6 Å². The fourth-order valence-electron chi connectivity index (χ4n) is 1.54. The Morgan fingerprint density at radius 1 is 0.682 bits per heavy atom. The van der Waals surface area contributed by atoms with E-state index in [1.807, 2.05) is 10.6 Å². The van der Waals surface area contributed by atoms with E-state index < -0.39 is 46.5 Å². The number of rotatable bonds is 2. The summed E-state index contributed by atoms with van der Waals surface area (Å²) in [6.07, 6.45) is 0. The quantitative estimate of drug-likeness (QED) is 0.662. The number of anilines is 2. The summed E-state index contributed by atoms with van der Waals surface area (Å²) >= 11 is 0. The SMILES string of the molecule is O=C(Nc1cc(F)ccc1F)C(=O)Nc1cc(F)ccc1F. The minimum atomic E-state index is -1.37. The van der Waals surface area contributed by atoms with Crippen LogP contribution in [0.15, 0.2) is 36.4 Å². The van der Waals surface area contributed by atoms with Crippen LogP contribution in [-0.4, -0.2) is 11.8 Å². The average molecular weight is 312 g/mol. The highest BCUT2D eigenvalue weighted by Gasteiger charge is 2.18. The molecule has 22 heavy (non-hydrogen) atoms. The Labute approximate surface area is 121 Å². The molecule has 0 aromatic heterocycles. The predicted octanol–water partition coefficient (Wildman–Crippen LogP) is 2.82. The molecule has 0 saturated carbocycles. The van der Waals surface area contributed by atoms with E-state index in [0.29, 0.717) is 12.1 Å². The van der Waals surface area contributed by atoms with Crippen LogP contribution in [0, 0.1) is 23.3 Å². The molecule has 2 amide bonds. The number of nitrogens with one attached hydrogen (secondary N) is 2. The maximum Gasteiger partial charge on any atom is 0.314 e. The van der Waals surface area contributed by atoms with Crippen molar-refractivity contribution in [2.45, 2.75) is 0 Å². The fraction of sp³-hybridized carbons (Fsp3) is 0. The monoisotopic (exact) mass is 312 g/mol. The number of halogens is 4. The number of carbonyl (C=O) groups excluding carboxylic acids is 2. The summed E-state index contributed by atoms with van der Waals surface area (Å²) < 4.78 is 52.5. The van der Waals surface area contributed by atoms with Gasteiger partial charge in [0, 0.05) is 12.1 Å². The molecule has 114 valence electrons. The topological polar surface area (TPSA) is 58.2 Å². The third-order valence-corrected chi connectivity index (χ3v) is 2.56. The first-order chi connectivity index (χ1) is 10.4. The molecular formula is C14H8F4N2O2. The van der Waals surface area contributed by atoms with Gasteiger partial charge in [-0.2, -0.15) is 0 Å². The van der Waals surface area contributed by atoms with Crippen molar-refractivity contribution >= 4 is 23.2 Å². The van der Waals surface area contributed by atoms with Gasteiger partial charge in [-0.1, -0.05) is 0 Å². The van der Waals surface area contributed by atoms with Gasteiger partial charge < -0.3 is 10.6 Å². The molecule has 0 spiro atoms. The van der Waals surface area contributed by atoms with Crippen molar-refractivity contribution in [3.63, 3.8) is 0 Å². The van der Waals surface area contributed by atoms with E-state index in [1.165, 1.54) is 0 Å². The second kappa shape index (κ2) is 6.25. The Hall–Kier alpha value is -2.90. The van der Waals surface area contributed by atoms with Gasteiger partial charge in [-0.15, -0.1) is 0 Å². The smallest absolute Gasteiger partial charge is 0.314 e. The number of hydrogen-bond acceptors (Lipinski definition) is 2. The van der Waals surface area contributed by atoms with Gasteiger partial charge in [0.05, 0.1) is 11.4 Å². The first-order valence-corrected chi connectivity index (χ1v) is 5.89. The minimum Gasteiger partial charge on any atom is -0.315 e. The summed E-state index contributed by atoms with van der Waals surface area (Å²) in [5.41, 5.74) is -1.11. The van der Waals surface area contributed by atoms with Crippen molar-refractivity contribution in [3.8, 4) is 0 Å². The lowest BCUT2D eigenvalue weighted by molar-refractivity contribution is -0.133. The van der Waals surface area contributed by atoms with Crippen molar-refractivity contribution in [1.82, 2.24) is 0 Å². The van der Waals surface area contributed by atoms with Crippen LogP contribution in [0.2, 0.25) is 0 Å². The molecular weight excluding hydrogens is 304 g/mol. The molecule has 0 radical (unpaired) electrons. The maximum absolute atomic E-state index is 13.3. The molecule has 0 aliphatic heterocycles. The van der Waals surface area contributed by atoms with Crippen molar-refractivity contribution in [2.24, 2.45) is 0 Å². The zero-order chi connectivity index (χ0) is 16.3. The van der Waals surface area contributed by atoms with Crippen LogP contribution in [0.5, 0.6) is 0 Å². The summed E-state index contributed by atoms with van der Waals surface area (Å²) in [5.74, 6) is -6.30. The predicted molar refractivity (Wildman–Crippen MR) is 70.0 cm³/mol. The Kier molecular flexibility index (Phi) is 4.40. The molecule has 0 unspecified atom stereocenters. The standard InChI is InChI=1S/C14H8F4N2O2/c15-7-1-3-9(17)11(5-7)19-13(21)14(22)20-12-6-8(16)2-4-10(12)18/h1-6H,(H,19,21)(H,20,22). The van der Waals surface area contributed by atoms with Crippen LogP contribution in [0.25, 0.3) is 0 Å². The van der Waals surface area contributed by atoms with Crippen LogP contribution >= 0.6 is 0 Å². The van der Waals surface area contributed by atoms with E-state index in [0.717, 1.165) is 24.3 Å². The molecule has 2 aromatic carbocycles. The zero-order valence-electron chi connectivity index (χ0n) is 10.8. The zero-order valence-corrected chi connectivity index (χ0v) is 10.8. The third-order valence-electron chi connectivity index (χ3n) is 2.56. The highest BCUT2D eigenvalue weighted by molar-refractivity contribution is 6.43.